The van der Waals surface area contributed by atoms with Crippen molar-refractivity contribution >= 4 is 0 Å². The molecule has 2 atom stereocenters. The summed E-state index contributed by atoms with van der Waals surface area (Å²) in [6.07, 6.45) is 30.1. The number of unbranched alkanes of at least 4 members (excludes halogenated alkanes) is 14. The Balaban J connectivity index is 4.72. The Kier molecular flexibility index (Phi) is 22.3. The van der Waals surface area contributed by atoms with E-state index >= 15 is 0 Å². The molecule has 0 aliphatic rings. The molecule has 0 aliphatic carbocycles. The third kappa shape index (κ3) is 19.9. The maximum absolute atomic E-state index is 4.02. The zero-order chi connectivity index (χ0) is 24.7. The van der Waals surface area contributed by atoms with Crippen molar-refractivity contribution in [3.05, 3.63) is 0 Å². The van der Waals surface area contributed by atoms with Crippen LogP contribution in [0.15, 0.2) is 0 Å². The Morgan fingerprint density at radius 2 is 0.606 bits per heavy atom. The van der Waals surface area contributed by atoms with E-state index in [-0.39, 0.29) is 11.1 Å². The summed E-state index contributed by atoms with van der Waals surface area (Å²) in [6, 6.07) is 0. The number of hydrogen-bond donors (Lipinski definition) is 2. The van der Waals surface area contributed by atoms with Crippen LogP contribution >= 0.6 is 0 Å². The minimum Gasteiger partial charge on any atom is -0.299 e. The summed E-state index contributed by atoms with van der Waals surface area (Å²) in [5.41, 5.74) is 0.578. The maximum atomic E-state index is 4.02. The highest BCUT2D eigenvalue weighted by Crippen LogP contribution is 2.25. The van der Waals surface area contributed by atoms with E-state index in [1.807, 2.05) is 0 Å². The molecule has 0 aliphatic heterocycles. The molecule has 0 bridgehead atoms. The smallest absolute Gasteiger partial charge is 0.0462 e. The van der Waals surface area contributed by atoms with Gasteiger partial charge in [-0.2, -0.15) is 0 Å². The molecular formula is C31H66N2. The molecule has 0 saturated carbocycles. The summed E-state index contributed by atoms with van der Waals surface area (Å²) in [5, 5.41) is 8.04. The Labute approximate surface area is 211 Å². The first-order chi connectivity index (χ1) is 15.9. The van der Waals surface area contributed by atoms with E-state index < -0.39 is 0 Å². The molecule has 0 spiro atoms. The standard InChI is InChI=1S/C31H66N2/c1-7-11-15-19-23-27-30(5,25-21-17-13-9-3)32-29-33-31(6,26-22-18-14-10-4)28-24-20-16-12-8-2/h32-33H,7-29H2,1-6H3. The van der Waals surface area contributed by atoms with E-state index in [4.69, 9.17) is 0 Å². The summed E-state index contributed by atoms with van der Waals surface area (Å²) in [5.74, 6) is 0. The van der Waals surface area contributed by atoms with Crippen LogP contribution < -0.4 is 10.6 Å². The molecule has 0 amide bonds. The van der Waals surface area contributed by atoms with Gasteiger partial charge in [0.2, 0.25) is 0 Å². The van der Waals surface area contributed by atoms with Crippen molar-refractivity contribution in [3.8, 4) is 0 Å². The lowest BCUT2D eigenvalue weighted by atomic mass is 9.87. The van der Waals surface area contributed by atoms with Crippen LogP contribution in [0, 0.1) is 0 Å². The minimum absolute atomic E-state index is 0.289. The lowest BCUT2D eigenvalue weighted by molar-refractivity contribution is 0.232. The second kappa shape index (κ2) is 22.4. The molecule has 0 radical (unpaired) electrons. The zero-order valence-corrected chi connectivity index (χ0v) is 24.3. The second-order valence-corrected chi connectivity index (χ2v) is 11.6. The van der Waals surface area contributed by atoms with E-state index in [1.54, 1.807) is 0 Å². The van der Waals surface area contributed by atoms with E-state index in [1.165, 1.54) is 141 Å². The van der Waals surface area contributed by atoms with Crippen molar-refractivity contribution in [3.63, 3.8) is 0 Å². The predicted octanol–water partition coefficient (Wildman–Crippen LogP) is 10.3. The van der Waals surface area contributed by atoms with Crippen LogP contribution in [0.2, 0.25) is 0 Å². The SMILES string of the molecule is CCCCCCCC(C)(CCCCCC)NCNC(C)(CCCCCC)CCCCCCC. The fraction of sp³-hybridized carbons (Fsp3) is 1.00. The van der Waals surface area contributed by atoms with Gasteiger partial charge in [-0.3, -0.25) is 10.6 Å². The van der Waals surface area contributed by atoms with Gasteiger partial charge >= 0.3 is 0 Å². The largest absolute Gasteiger partial charge is 0.299 e. The molecule has 0 aromatic heterocycles. The van der Waals surface area contributed by atoms with Crippen LogP contribution in [-0.2, 0) is 0 Å². The molecule has 0 rings (SSSR count). The van der Waals surface area contributed by atoms with Crippen molar-refractivity contribution in [2.75, 3.05) is 6.67 Å². The van der Waals surface area contributed by atoms with Crippen LogP contribution in [0.25, 0.3) is 0 Å². The molecule has 0 aromatic rings. The monoisotopic (exact) mass is 467 g/mol. The highest BCUT2D eigenvalue weighted by atomic mass is 15.1. The molecular weight excluding hydrogens is 400 g/mol. The van der Waals surface area contributed by atoms with Crippen LogP contribution in [0.4, 0.5) is 0 Å². The molecule has 0 heterocycles. The van der Waals surface area contributed by atoms with Crippen molar-refractivity contribution < 1.29 is 0 Å². The number of nitrogens with one attached hydrogen (secondary N) is 2. The summed E-state index contributed by atoms with van der Waals surface area (Å²) in [6.45, 7) is 15.2. The summed E-state index contributed by atoms with van der Waals surface area (Å²) in [7, 11) is 0. The molecule has 2 N–H and O–H groups in total. The van der Waals surface area contributed by atoms with Gasteiger partial charge in [0.25, 0.3) is 0 Å². The van der Waals surface area contributed by atoms with Crippen LogP contribution in [0.1, 0.15) is 183 Å². The van der Waals surface area contributed by atoms with Gasteiger partial charge in [-0.05, 0) is 39.5 Å². The van der Waals surface area contributed by atoms with E-state index in [0.29, 0.717) is 0 Å². The van der Waals surface area contributed by atoms with Gasteiger partial charge in [0.1, 0.15) is 0 Å². The zero-order valence-electron chi connectivity index (χ0n) is 24.3. The second-order valence-electron chi connectivity index (χ2n) is 11.6. The highest BCUT2D eigenvalue weighted by molar-refractivity contribution is 4.87. The Bertz CT molecular complexity index is 360. The minimum atomic E-state index is 0.289. The van der Waals surface area contributed by atoms with Gasteiger partial charge in [0, 0.05) is 17.7 Å². The summed E-state index contributed by atoms with van der Waals surface area (Å²) >= 11 is 0. The normalized spacial score (nSPS) is 15.5. The average Bonchev–Trinajstić information content (AvgIpc) is 2.80. The van der Waals surface area contributed by atoms with Crippen LogP contribution in [-0.4, -0.2) is 17.7 Å². The first kappa shape index (κ1) is 32.9. The summed E-state index contributed by atoms with van der Waals surface area (Å²) in [4.78, 5) is 0. The Morgan fingerprint density at radius 3 is 0.879 bits per heavy atom. The molecule has 0 saturated heterocycles. The fourth-order valence-electron chi connectivity index (χ4n) is 5.20. The third-order valence-corrected chi connectivity index (χ3v) is 7.86. The summed E-state index contributed by atoms with van der Waals surface area (Å²) < 4.78 is 0. The van der Waals surface area contributed by atoms with Gasteiger partial charge in [0.05, 0.1) is 0 Å². The van der Waals surface area contributed by atoms with E-state index in [9.17, 15) is 0 Å². The topological polar surface area (TPSA) is 24.1 Å². The van der Waals surface area contributed by atoms with Gasteiger partial charge in [0.15, 0.2) is 0 Å². The predicted molar refractivity (Wildman–Crippen MR) is 152 cm³/mol. The van der Waals surface area contributed by atoms with Crippen molar-refractivity contribution in [2.24, 2.45) is 0 Å². The molecule has 2 nitrogen and oxygen atoms in total. The van der Waals surface area contributed by atoms with Gasteiger partial charge in [-0.1, -0.05) is 143 Å². The molecule has 0 fully saturated rings. The fourth-order valence-corrected chi connectivity index (χ4v) is 5.20. The Hall–Kier alpha value is -0.0800. The first-order valence-electron chi connectivity index (χ1n) is 15.4. The van der Waals surface area contributed by atoms with E-state index in [2.05, 4.69) is 52.2 Å². The van der Waals surface area contributed by atoms with Crippen LogP contribution in [0.5, 0.6) is 0 Å². The molecule has 33 heavy (non-hydrogen) atoms. The van der Waals surface area contributed by atoms with E-state index in [0.717, 1.165) is 6.67 Å². The highest BCUT2D eigenvalue weighted by Gasteiger charge is 2.26. The first-order valence-corrected chi connectivity index (χ1v) is 15.4. The van der Waals surface area contributed by atoms with Gasteiger partial charge in [-0.25, -0.2) is 0 Å². The van der Waals surface area contributed by atoms with Crippen molar-refractivity contribution in [2.45, 2.75) is 194 Å². The number of hydrogen-bond acceptors (Lipinski definition) is 2. The van der Waals surface area contributed by atoms with Crippen LogP contribution in [0.3, 0.4) is 0 Å². The lowest BCUT2D eigenvalue weighted by Crippen LogP contribution is -2.53. The molecule has 2 heteroatoms. The third-order valence-electron chi connectivity index (χ3n) is 7.86. The molecule has 2 unspecified atom stereocenters. The average molecular weight is 467 g/mol. The molecule has 200 valence electrons. The van der Waals surface area contributed by atoms with Gasteiger partial charge < -0.3 is 0 Å². The van der Waals surface area contributed by atoms with Crippen molar-refractivity contribution in [1.82, 2.24) is 10.6 Å². The van der Waals surface area contributed by atoms with Gasteiger partial charge in [-0.15, -0.1) is 0 Å². The quantitative estimate of drug-likeness (QED) is 0.0978. The maximum Gasteiger partial charge on any atom is 0.0462 e. The molecule has 0 aromatic carbocycles. The number of rotatable bonds is 26. The lowest BCUT2D eigenvalue weighted by Gasteiger charge is -2.36. The van der Waals surface area contributed by atoms with Crippen molar-refractivity contribution in [1.29, 1.82) is 0 Å². The Morgan fingerprint density at radius 1 is 0.364 bits per heavy atom.